The van der Waals surface area contributed by atoms with Gasteiger partial charge in [0.05, 0.1) is 11.7 Å². The van der Waals surface area contributed by atoms with Gasteiger partial charge < -0.3 is 9.47 Å². The topological polar surface area (TPSA) is 35.5 Å². The summed E-state index contributed by atoms with van der Waals surface area (Å²) in [6.07, 6.45) is 39.3. The van der Waals surface area contributed by atoms with Crippen molar-refractivity contribution in [3.8, 4) is 16.9 Å². The van der Waals surface area contributed by atoms with Gasteiger partial charge in [-0.25, -0.2) is 4.79 Å². The molecule has 0 heterocycles. The smallest absolute Gasteiger partial charge is 0.343 e. The molecule has 0 aliphatic rings. The van der Waals surface area contributed by atoms with E-state index in [2.05, 4.69) is 51.1 Å². The molecule has 3 rings (SSSR count). The molecule has 0 N–H and O–H groups in total. The van der Waals surface area contributed by atoms with Gasteiger partial charge in [-0.1, -0.05) is 235 Å². The molecule has 0 spiro atoms. The molecule has 0 aromatic heterocycles. The number of para-hydroxylation sites is 1. The summed E-state index contributed by atoms with van der Waals surface area (Å²) in [6, 6.07) is 24.4. The van der Waals surface area contributed by atoms with Gasteiger partial charge in [-0.2, -0.15) is 0 Å². The Hall–Kier alpha value is -2.91. The Morgan fingerprint density at radius 1 is 0.464 bits per heavy atom. The number of hydrogen-bond acceptors (Lipinski definition) is 3. The first-order valence-corrected chi connectivity index (χ1v) is 23.7. The van der Waals surface area contributed by atoms with Gasteiger partial charge in [0.25, 0.3) is 0 Å². The molecule has 1 atom stereocenters. The quantitative estimate of drug-likeness (QED) is 0.0340. The molecular weight excluding hydrogens is 685 g/mol. The fraction of sp³-hybridized carbons (Fsp3) is 0.642. The maximum atomic E-state index is 13.1. The van der Waals surface area contributed by atoms with Crippen LogP contribution in [0, 0.1) is 0 Å². The monoisotopic (exact) mass is 767 g/mol. The van der Waals surface area contributed by atoms with Crippen molar-refractivity contribution in [1.82, 2.24) is 0 Å². The van der Waals surface area contributed by atoms with Crippen LogP contribution in [0.3, 0.4) is 0 Å². The fourth-order valence-electron chi connectivity index (χ4n) is 7.88. The SMILES string of the molecule is CCCCCCCCCCCCCCCCCCCCOC(C)c1ccc(-c2ccc(C(=O)Oc3ccccc3CCCCCCCCCCCC)cc2)cc1. The first-order valence-electron chi connectivity index (χ1n) is 23.7. The van der Waals surface area contributed by atoms with Crippen molar-refractivity contribution in [2.75, 3.05) is 6.61 Å². The molecule has 0 saturated heterocycles. The predicted molar refractivity (Wildman–Crippen MR) is 242 cm³/mol. The van der Waals surface area contributed by atoms with Gasteiger partial charge in [0.2, 0.25) is 0 Å². The summed E-state index contributed by atoms with van der Waals surface area (Å²) in [7, 11) is 0. The van der Waals surface area contributed by atoms with Gasteiger partial charge in [0.15, 0.2) is 0 Å². The Labute approximate surface area is 345 Å². The van der Waals surface area contributed by atoms with Crippen LogP contribution in [0.15, 0.2) is 72.8 Å². The summed E-state index contributed by atoms with van der Waals surface area (Å²) in [4.78, 5) is 13.1. The van der Waals surface area contributed by atoms with Gasteiger partial charge in [0.1, 0.15) is 5.75 Å². The first-order chi connectivity index (χ1) is 27.6. The summed E-state index contributed by atoms with van der Waals surface area (Å²) in [5, 5.41) is 0. The molecule has 0 bridgehead atoms. The maximum absolute atomic E-state index is 13.1. The number of ether oxygens (including phenoxy) is 2. The van der Waals surface area contributed by atoms with E-state index in [-0.39, 0.29) is 12.1 Å². The molecule has 3 aromatic rings. The van der Waals surface area contributed by atoms with E-state index in [4.69, 9.17) is 9.47 Å². The van der Waals surface area contributed by atoms with E-state index >= 15 is 0 Å². The van der Waals surface area contributed by atoms with Crippen molar-refractivity contribution >= 4 is 5.97 Å². The van der Waals surface area contributed by atoms with Crippen molar-refractivity contribution in [3.63, 3.8) is 0 Å². The zero-order valence-corrected chi connectivity index (χ0v) is 36.4. The molecule has 0 amide bonds. The largest absolute Gasteiger partial charge is 0.423 e. The van der Waals surface area contributed by atoms with E-state index in [0.717, 1.165) is 42.6 Å². The van der Waals surface area contributed by atoms with Gasteiger partial charge >= 0.3 is 5.97 Å². The van der Waals surface area contributed by atoms with Gasteiger partial charge in [-0.15, -0.1) is 0 Å². The highest BCUT2D eigenvalue weighted by atomic mass is 16.5. The number of esters is 1. The first kappa shape index (κ1) is 47.5. The Kier molecular flexibility index (Phi) is 27.2. The van der Waals surface area contributed by atoms with Crippen LogP contribution in [0.2, 0.25) is 0 Å². The number of aryl methyl sites for hydroxylation is 1. The van der Waals surface area contributed by atoms with E-state index in [9.17, 15) is 4.79 Å². The fourth-order valence-corrected chi connectivity index (χ4v) is 7.88. The van der Waals surface area contributed by atoms with Crippen LogP contribution in [-0.4, -0.2) is 12.6 Å². The van der Waals surface area contributed by atoms with Crippen LogP contribution >= 0.6 is 0 Å². The molecule has 0 saturated carbocycles. The van der Waals surface area contributed by atoms with Crippen molar-refractivity contribution in [3.05, 3.63) is 89.5 Å². The summed E-state index contributed by atoms with van der Waals surface area (Å²) >= 11 is 0. The minimum Gasteiger partial charge on any atom is -0.423 e. The Morgan fingerprint density at radius 2 is 0.857 bits per heavy atom. The number of carbonyl (C=O) groups is 1. The highest BCUT2D eigenvalue weighted by molar-refractivity contribution is 5.91. The summed E-state index contributed by atoms with van der Waals surface area (Å²) in [5.41, 5.74) is 5.10. The molecular formula is C53H82O3. The summed E-state index contributed by atoms with van der Waals surface area (Å²) in [6.45, 7) is 7.54. The average molecular weight is 767 g/mol. The number of benzene rings is 3. The predicted octanol–water partition coefficient (Wildman–Crippen LogP) is 17.2. The Bertz CT molecular complexity index is 1360. The molecule has 0 fully saturated rings. The van der Waals surface area contributed by atoms with Crippen LogP contribution < -0.4 is 4.74 Å². The summed E-state index contributed by atoms with van der Waals surface area (Å²) in [5.74, 6) is 0.382. The maximum Gasteiger partial charge on any atom is 0.343 e. The van der Waals surface area contributed by atoms with Crippen molar-refractivity contribution in [2.45, 2.75) is 213 Å². The second-order valence-corrected chi connectivity index (χ2v) is 16.7. The molecule has 0 aliphatic heterocycles. The molecule has 3 heteroatoms. The van der Waals surface area contributed by atoms with Gasteiger partial charge in [-0.3, -0.25) is 0 Å². The second-order valence-electron chi connectivity index (χ2n) is 16.7. The Morgan fingerprint density at radius 3 is 1.32 bits per heavy atom. The van der Waals surface area contributed by atoms with Crippen LogP contribution in [0.4, 0.5) is 0 Å². The minimum atomic E-state index is -0.303. The lowest BCUT2D eigenvalue weighted by atomic mass is 10.0. The lowest BCUT2D eigenvalue weighted by Gasteiger charge is -2.14. The number of unbranched alkanes of at least 4 members (excludes halogenated alkanes) is 26. The third-order valence-electron chi connectivity index (χ3n) is 11.7. The zero-order valence-electron chi connectivity index (χ0n) is 36.4. The lowest BCUT2D eigenvalue weighted by molar-refractivity contribution is 0.0627. The summed E-state index contributed by atoms with van der Waals surface area (Å²) < 4.78 is 12.1. The van der Waals surface area contributed by atoms with Crippen LogP contribution in [-0.2, 0) is 11.2 Å². The van der Waals surface area contributed by atoms with E-state index in [1.54, 1.807) is 0 Å². The Balaban J connectivity index is 1.24. The van der Waals surface area contributed by atoms with E-state index in [1.165, 1.54) is 173 Å². The van der Waals surface area contributed by atoms with E-state index in [0.29, 0.717) is 11.3 Å². The van der Waals surface area contributed by atoms with Crippen molar-refractivity contribution < 1.29 is 14.3 Å². The van der Waals surface area contributed by atoms with Crippen LogP contribution in [0.1, 0.15) is 228 Å². The second kappa shape index (κ2) is 32.1. The number of carbonyl (C=O) groups excluding carboxylic acids is 1. The molecule has 312 valence electrons. The van der Waals surface area contributed by atoms with E-state index < -0.39 is 0 Å². The highest BCUT2D eigenvalue weighted by Gasteiger charge is 2.13. The molecule has 0 aliphatic carbocycles. The number of hydrogen-bond donors (Lipinski definition) is 0. The molecule has 3 nitrogen and oxygen atoms in total. The number of rotatable bonds is 35. The zero-order chi connectivity index (χ0) is 39.7. The van der Waals surface area contributed by atoms with Crippen LogP contribution in [0.25, 0.3) is 11.1 Å². The normalized spacial score (nSPS) is 11.9. The van der Waals surface area contributed by atoms with Crippen molar-refractivity contribution in [2.24, 2.45) is 0 Å². The standard InChI is InChI=1S/C53H82O3/c1-4-6-8-10-12-14-16-17-18-19-20-21-22-23-25-27-29-33-45-55-46(3)47-37-39-48(40-38-47)49-41-43-51(44-42-49)53(54)56-52-36-32-31-35-50(52)34-30-28-26-24-15-13-11-9-7-5-2/h31-32,35-44,46H,4-30,33-34,45H2,1-3H3. The third kappa shape index (κ3) is 21.6. The van der Waals surface area contributed by atoms with Crippen LogP contribution in [0.5, 0.6) is 5.75 Å². The molecule has 1 unspecified atom stereocenters. The molecule has 56 heavy (non-hydrogen) atoms. The van der Waals surface area contributed by atoms with Gasteiger partial charge in [0, 0.05) is 6.61 Å². The highest BCUT2D eigenvalue weighted by Crippen LogP contribution is 2.26. The lowest BCUT2D eigenvalue weighted by Crippen LogP contribution is -2.09. The van der Waals surface area contributed by atoms with Crippen molar-refractivity contribution in [1.29, 1.82) is 0 Å². The molecule has 0 radical (unpaired) electrons. The third-order valence-corrected chi connectivity index (χ3v) is 11.7. The minimum absolute atomic E-state index is 0.0833. The van der Waals surface area contributed by atoms with E-state index in [1.807, 2.05) is 42.5 Å². The average Bonchev–Trinajstić information content (AvgIpc) is 3.23. The molecule has 3 aromatic carbocycles. The van der Waals surface area contributed by atoms with Gasteiger partial charge in [-0.05, 0) is 66.6 Å².